The molecule has 0 aliphatic heterocycles. The Morgan fingerprint density at radius 2 is 1.80 bits per heavy atom. The van der Waals surface area contributed by atoms with E-state index in [-0.39, 0.29) is 12.2 Å². The van der Waals surface area contributed by atoms with Crippen LogP contribution in [-0.4, -0.2) is 27.3 Å². The molecule has 0 bridgehead atoms. The minimum absolute atomic E-state index is 0.126. The molecule has 1 aromatic heterocycles. The van der Waals surface area contributed by atoms with Crippen LogP contribution in [-0.2, 0) is 17.8 Å². The molecule has 0 unspecified atom stereocenters. The third kappa shape index (κ3) is 3.08. The fourth-order valence-electron chi connectivity index (χ4n) is 2.10. The van der Waals surface area contributed by atoms with Gasteiger partial charge in [-0.25, -0.2) is 0 Å². The van der Waals surface area contributed by atoms with Crippen LogP contribution in [0.1, 0.15) is 21.7 Å². The van der Waals surface area contributed by atoms with Crippen molar-refractivity contribution in [1.29, 1.82) is 0 Å². The summed E-state index contributed by atoms with van der Waals surface area (Å²) in [6.07, 6.45) is -0.126. The van der Waals surface area contributed by atoms with Crippen LogP contribution in [0.25, 0.3) is 0 Å². The van der Waals surface area contributed by atoms with Gasteiger partial charge in [0.15, 0.2) is 0 Å². The van der Waals surface area contributed by atoms with Crippen LogP contribution < -0.4 is 0 Å². The summed E-state index contributed by atoms with van der Waals surface area (Å²) >= 11 is 5.74. The zero-order chi connectivity index (χ0) is 14.5. The summed E-state index contributed by atoms with van der Waals surface area (Å²) in [5.74, 6) is -0.749. The number of carbonyl (C=O) groups is 2. The number of halogens is 1. The van der Waals surface area contributed by atoms with Gasteiger partial charge in [-0.3, -0.25) is 9.59 Å². The minimum atomic E-state index is -0.933. The van der Waals surface area contributed by atoms with Crippen molar-refractivity contribution in [2.45, 2.75) is 13.0 Å². The third-order valence-electron chi connectivity index (χ3n) is 2.98. The highest BCUT2D eigenvalue weighted by Gasteiger charge is 2.17. The monoisotopic (exact) mass is 291 g/mol. The minimum Gasteiger partial charge on any atom is -0.481 e. The van der Waals surface area contributed by atoms with Gasteiger partial charge in [-0.2, -0.15) is 0 Å². The van der Waals surface area contributed by atoms with Gasteiger partial charge in [0.2, 0.25) is 5.78 Å². The fourth-order valence-corrected chi connectivity index (χ4v) is 2.27. The van der Waals surface area contributed by atoms with E-state index >= 15 is 0 Å². The van der Waals surface area contributed by atoms with Gasteiger partial charge in [-0.05, 0) is 12.1 Å². The van der Waals surface area contributed by atoms with E-state index in [0.717, 1.165) is 0 Å². The van der Waals surface area contributed by atoms with E-state index in [9.17, 15) is 9.59 Å². The number of rotatable bonds is 6. The van der Waals surface area contributed by atoms with Crippen LogP contribution in [0.15, 0.2) is 42.5 Å². The zero-order valence-electron chi connectivity index (χ0n) is 10.8. The summed E-state index contributed by atoms with van der Waals surface area (Å²) in [4.78, 5) is 23.3. The fraction of sp³-hybridized carbons (Fsp3) is 0.200. The molecule has 0 saturated carbocycles. The summed E-state index contributed by atoms with van der Waals surface area (Å²) in [6, 6.07) is 12.2. The van der Waals surface area contributed by atoms with Crippen molar-refractivity contribution in [2.75, 3.05) is 5.88 Å². The highest BCUT2D eigenvalue weighted by atomic mass is 35.5. The van der Waals surface area contributed by atoms with Gasteiger partial charge in [0.05, 0.1) is 12.1 Å². The molecule has 2 aromatic rings. The van der Waals surface area contributed by atoms with Crippen LogP contribution >= 0.6 is 11.6 Å². The van der Waals surface area contributed by atoms with Gasteiger partial charge in [-0.15, -0.1) is 11.6 Å². The van der Waals surface area contributed by atoms with Crippen LogP contribution in [0.5, 0.6) is 0 Å². The molecular weight excluding hydrogens is 278 g/mol. The van der Waals surface area contributed by atoms with E-state index in [4.69, 9.17) is 16.7 Å². The molecule has 0 atom stereocenters. The predicted octanol–water partition coefficient (Wildman–Crippen LogP) is 2.59. The Labute approximate surface area is 121 Å². The summed E-state index contributed by atoms with van der Waals surface area (Å²) in [5.41, 5.74) is 1.62. The first-order valence-corrected chi connectivity index (χ1v) is 6.73. The van der Waals surface area contributed by atoms with Crippen LogP contribution in [0.2, 0.25) is 0 Å². The van der Waals surface area contributed by atoms with Crippen molar-refractivity contribution in [3.05, 3.63) is 59.4 Å². The second-order valence-corrected chi connectivity index (χ2v) is 4.69. The molecule has 5 heteroatoms. The van der Waals surface area contributed by atoms with Gasteiger partial charge >= 0.3 is 5.97 Å². The van der Waals surface area contributed by atoms with E-state index in [0.29, 0.717) is 29.4 Å². The summed E-state index contributed by atoms with van der Waals surface area (Å²) in [5, 5.41) is 8.89. The first-order valence-electron chi connectivity index (χ1n) is 6.19. The molecule has 0 amide bonds. The first kappa shape index (κ1) is 14.3. The van der Waals surface area contributed by atoms with Gasteiger partial charge in [0.1, 0.15) is 0 Å². The second-order valence-electron chi connectivity index (χ2n) is 4.32. The van der Waals surface area contributed by atoms with Gasteiger partial charge in [0.25, 0.3) is 0 Å². The number of alkyl halides is 1. The van der Waals surface area contributed by atoms with Crippen molar-refractivity contribution in [3.8, 4) is 0 Å². The Hall–Kier alpha value is -2.07. The van der Waals surface area contributed by atoms with E-state index in [2.05, 4.69) is 0 Å². The van der Waals surface area contributed by atoms with E-state index in [1.54, 1.807) is 41.0 Å². The van der Waals surface area contributed by atoms with E-state index in [1.165, 1.54) is 0 Å². The Kier molecular flexibility index (Phi) is 4.58. The molecule has 0 aliphatic carbocycles. The normalized spacial score (nSPS) is 10.4. The number of hydrogen-bond acceptors (Lipinski definition) is 2. The maximum atomic E-state index is 12.4. The maximum absolute atomic E-state index is 12.4. The topological polar surface area (TPSA) is 59.3 Å². The molecule has 0 radical (unpaired) electrons. The summed E-state index contributed by atoms with van der Waals surface area (Å²) < 4.78 is 1.68. The van der Waals surface area contributed by atoms with Crippen molar-refractivity contribution >= 4 is 23.4 Å². The number of ketones is 1. The number of benzene rings is 1. The quantitative estimate of drug-likeness (QED) is 0.657. The van der Waals surface area contributed by atoms with E-state index in [1.807, 2.05) is 6.07 Å². The Bertz CT molecular complexity index is 619. The SMILES string of the molecule is O=C(O)Cc1ccc(C(=O)c2ccccc2)n1CCCl. The predicted molar refractivity (Wildman–Crippen MR) is 76.4 cm³/mol. The molecule has 1 aromatic carbocycles. The van der Waals surface area contributed by atoms with E-state index < -0.39 is 5.97 Å². The average molecular weight is 292 g/mol. The lowest BCUT2D eigenvalue weighted by atomic mass is 10.1. The molecular formula is C15H14ClNO3. The first-order chi connectivity index (χ1) is 9.63. The molecule has 0 saturated heterocycles. The average Bonchev–Trinajstić information content (AvgIpc) is 2.82. The van der Waals surface area contributed by atoms with Crippen LogP contribution in [0.4, 0.5) is 0 Å². The highest BCUT2D eigenvalue weighted by Crippen LogP contribution is 2.15. The zero-order valence-corrected chi connectivity index (χ0v) is 11.5. The third-order valence-corrected chi connectivity index (χ3v) is 3.15. The smallest absolute Gasteiger partial charge is 0.309 e. The number of carboxylic acids is 1. The van der Waals surface area contributed by atoms with Crippen LogP contribution in [0.3, 0.4) is 0 Å². The Balaban J connectivity index is 2.38. The maximum Gasteiger partial charge on any atom is 0.309 e. The number of carboxylic acid groups (broad SMARTS) is 1. The van der Waals surface area contributed by atoms with Crippen LogP contribution in [0, 0.1) is 0 Å². The standard InChI is InChI=1S/C15H14ClNO3/c16-8-9-17-12(10-14(18)19)6-7-13(17)15(20)11-4-2-1-3-5-11/h1-7H,8-10H2,(H,18,19). The molecule has 104 valence electrons. The summed E-state index contributed by atoms with van der Waals surface area (Å²) in [6.45, 7) is 0.408. The van der Waals surface area contributed by atoms with Gasteiger partial charge in [-0.1, -0.05) is 30.3 Å². The highest BCUT2D eigenvalue weighted by molar-refractivity contribution is 6.17. The number of aromatic nitrogens is 1. The van der Waals surface area contributed by atoms with Crippen molar-refractivity contribution in [3.63, 3.8) is 0 Å². The Morgan fingerprint density at radius 1 is 1.10 bits per heavy atom. The lowest BCUT2D eigenvalue weighted by molar-refractivity contribution is -0.136. The molecule has 20 heavy (non-hydrogen) atoms. The van der Waals surface area contributed by atoms with Gasteiger partial charge < -0.3 is 9.67 Å². The van der Waals surface area contributed by atoms with Crippen molar-refractivity contribution in [1.82, 2.24) is 4.57 Å². The molecule has 4 nitrogen and oxygen atoms in total. The lowest BCUT2D eigenvalue weighted by Crippen LogP contribution is -2.15. The molecule has 0 spiro atoms. The number of hydrogen-bond donors (Lipinski definition) is 1. The molecule has 1 N–H and O–H groups in total. The largest absolute Gasteiger partial charge is 0.481 e. The molecule has 2 rings (SSSR count). The molecule has 0 fully saturated rings. The van der Waals surface area contributed by atoms with Gasteiger partial charge in [0, 0.05) is 23.7 Å². The molecule has 1 heterocycles. The number of carbonyl (C=O) groups excluding carboxylic acids is 1. The Morgan fingerprint density at radius 3 is 2.40 bits per heavy atom. The number of aliphatic carboxylic acids is 1. The molecule has 0 aliphatic rings. The lowest BCUT2D eigenvalue weighted by Gasteiger charge is -2.10. The van der Waals surface area contributed by atoms with Crippen molar-refractivity contribution in [2.24, 2.45) is 0 Å². The summed E-state index contributed by atoms with van der Waals surface area (Å²) in [7, 11) is 0. The second kappa shape index (κ2) is 6.39. The van der Waals surface area contributed by atoms with Crippen molar-refractivity contribution < 1.29 is 14.7 Å². The number of nitrogens with zero attached hydrogens (tertiary/aromatic N) is 1.